The van der Waals surface area contributed by atoms with Gasteiger partial charge in [-0.2, -0.15) is 0 Å². The summed E-state index contributed by atoms with van der Waals surface area (Å²) >= 11 is 0. The molecular weight excluding hydrogens is 225 g/mol. The van der Waals surface area contributed by atoms with Gasteiger partial charge in [-0.1, -0.05) is 12.1 Å². The van der Waals surface area contributed by atoms with Gasteiger partial charge in [-0.3, -0.25) is 9.59 Å². The molecule has 2 rings (SSSR count). The minimum absolute atomic E-state index is 0.121. The van der Waals surface area contributed by atoms with Crippen LogP contribution in [0.1, 0.15) is 17.9 Å². The summed E-state index contributed by atoms with van der Waals surface area (Å²) in [5, 5.41) is 11.6. The molecule has 0 spiro atoms. The van der Waals surface area contributed by atoms with Crippen LogP contribution in [0.3, 0.4) is 0 Å². The van der Waals surface area contributed by atoms with Gasteiger partial charge in [-0.05, 0) is 17.7 Å². The molecule has 1 heterocycles. The van der Waals surface area contributed by atoms with E-state index in [0.717, 1.165) is 0 Å². The van der Waals surface area contributed by atoms with Crippen molar-refractivity contribution in [1.29, 1.82) is 0 Å². The van der Waals surface area contributed by atoms with Crippen LogP contribution in [0.15, 0.2) is 24.3 Å². The van der Waals surface area contributed by atoms with Gasteiger partial charge in [0.1, 0.15) is 5.82 Å². The van der Waals surface area contributed by atoms with E-state index in [1.54, 1.807) is 0 Å². The molecule has 1 aromatic rings. The summed E-state index contributed by atoms with van der Waals surface area (Å²) < 4.78 is 12.8. The predicted octanol–water partition coefficient (Wildman–Crippen LogP) is 1.13. The number of amides is 1. The van der Waals surface area contributed by atoms with Crippen LogP contribution < -0.4 is 5.32 Å². The lowest BCUT2D eigenvalue weighted by atomic mass is 9.81. The highest BCUT2D eigenvalue weighted by atomic mass is 19.1. The van der Waals surface area contributed by atoms with E-state index in [9.17, 15) is 14.0 Å². The Morgan fingerprint density at radius 3 is 2.59 bits per heavy atom. The summed E-state index contributed by atoms with van der Waals surface area (Å²) in [6.07, 6.45) is 0.128. The number of benzene rings is 1. The Hall–Kier alpha value is -1.91. The van der Waals surface area contributed by atoms with Crippen molar-refractivity contribution < 1.29 is 19.1 Å². The summed E-state index contributed by atoms with van der Waals surface area (Å²) in [6, 6.07) is 5.63. The van der Waals surface area contributed by atoms with Crippen LogP contribution in [0.2, 0.25) is 0 Å². The Balaban J connectivity index is 2.28. The molecule has 1 saturated heterocycles. The van der Waals surface area contributed by atoms with E-state index in [4.69, 9.17) is 5.11 Å². The quantitative estimate of drug-likeness (QED) is 0.810. The maximum Gasteiger partial charge on any atom is 0.308 e. The summed E-state index contributed by atoms with van der Waals surface area (Å²) in [5.74, 6) is -2.53. The first-order chi connectivity index (χ1) is 8.08. The lowest BCUT2D eigenvalue weighted by Gasteiger charge is -2.28. The van der Waals surface area contributed by atoms with Crippen LogP contribution in [0, 0.1) is 11.7 Å². The third-order valence-corrected chi connectivity index (χ3v) is 3.03. The molecule has 1 aromatic carbocycles. The SMILES string of the molecule is O=C1C[C@H](c2ccc(F)cc2)[C@@H](C(=O)O)CN1. The van der Waals surface area contributed by atoms with Gasteiger partial charge in [-0.25, -0.2) is 4.39 Å². The number of carbonyl (C=O) groups is 2. The molecule has 0 bridgehead atoms. The molecule has 1 aliphatic heterocycles. The summed E-state index contributed by atoms with van der Waals surface area (Å²) in [6.45, 7) is 0.121. The Morgan fingerprint density at radius 1 is 1.35 bits per heavy atom. The molecule has 1 fully saturated rings. The number of piperidine rings is 1. The summed E-state index contributed by atoms with van der Waals surface area (Å²) in [7, 11) is 0. The number of rotatable bonds is 2. The molecule has 5 heteroatoms. The Bertz CT molecular complexity index is 444. The second-order valence-electron chi connectivity index (χ2n) is 4.11. The average Bonchev–Trinajstić information content (AvgIpc) is 2.29. The first-order valence-corrected chi connectivity index (χ1v) is 5.33. The highest BCUT2D eigenvalue weighted by Gasteiger charge is 2.35. The van der Waals surface area contributed by atoms with Crippen molar-refractivity contribution in [3.63, 3.8) is 0 Å². The largest absolute Gasteiger partial charge is 0.481 e. The normalized spacial score (nSPS) is 24.2. The molecule has 4 nitrogen and oxygen atoms in total. The van der Waals surface area contributed by atoms with Gasteiger partial charge in [0.2, 0.25) is 5.91 Å². The standard InChI is InChI=1S/C12H12FNO3/c13-8-3-1-7(2-4-8)9-5-11(15)14-6-10(9)12(16)17/h1-4,9-10H,5-6H2,(H,14,15)(H,16,17)/t9-,10+/m1/s1. The zero-order chi connectivity index (χ0) is 12.4. The second kappa shape index (κ2) is 4.53. The van der Waals surface area contributed by atoms with Crippen LogP contribution in [0.25, 0.3) is 0 Å². The van der Waals surface area contributed by atoms with Crippen molar-refractivity contribution in [2.45, 2.75) is 12.3 Å². The fourth-order valence-corrected chi connectivity index (χ4v) is 2.10. The van der Waals surface area contributed by atoms with E-state index in [2.05, 4.69) is 5.32 Å². The molecule has 0 aliphatic carbocycles. The number of hydrogen-bond acceptors (Lipinski definition) is 2. The minimum atomic E-state index is -0.945. The molecule has 17 heavy (non-hydrogen) atoms. The van der Waals surface area contributed by atoms with Gasteiger partial charge < -0.3 is 10.4 Å². The molecule has 2 atom stereocenters. The molecule has 0 saturated carbocycles. The van der Waals surface area contributed by atoms with E-state index in [0.29, 0.717) is 5.56 Å². The predicted molar refractivity (Wildman–Crippen MR) is 57.9 cm³/mol. The Morgan fingerprint density at radius 2 is 2.00 bits per heavy atom. The van der Waals surface area contributed by atoms with Gasteiger partial charge >= 0.3 is 5.97 Å². The molecule has 0 unspecified atom stereocenters. The number of hydrogen-bond donors (Lipinski definition) is 2. The van der Waals surface area contributed by atoms with E-state index < -0.39 is 11.9 Å². The maximum atomic E-state index is 12.8. The van der Waals surface area contributed by atoms with Crippen LogP contribution >= 0.6 is 0 Å². The van der Waals surface area contributed by atoms with E-state index >= 15 is 0 Å². The first-order valence-electron chi connectivity index (χ1n) is 5.33. The van der Waals surface area contributed by atoms with Crippen molar-refractivity contribution in [2.75, 3.05) is 6.54 Å². The van der Waals surface area contributed by atoms with Crippen molar-refractivity contribution in [3.8, 4) is 0 Å². The zero-order valence-electron chi connectivity index (χ0n) is 9.02. The summed E-state index contributed by atoms with van der Waals surface area (Å²) in [4.78, 5) is 22.4. The van der Waals surface area contributed by atoms with Crippen LogP contribution in [0.4, 0.5) is 4.39 Å². The van der Waals surface area contributed by atoms with Gasteiger partial charge in [0.25, 0.3) is 0 Å². The maximum absolute atomic E-state index is 12.8. The number of halogens is 1. The Kier molecular flexibility index (Phi) is 3.08. The number of aliphatic carboxylic acids is 1. The molecule has 0 aromatic heterocycles. The molecular formula is C12H12FNO3. The average molecular weight is 237 g/mol. The van der Waals surface area contributed by atoms with Gasteiger partial charge in [-0.15, -0.1) is 0 Å². The highest BCUT2D eigenvalue weighted by molar-refractivity contribution is 5.82. The highest BCUT2D eigenvalue weighted by Crippen LogP contribution is 2.30. The van der Waals surface area contributed by atoms with Crippen molar-refractivity contribution in [3.05, 3.63) is 35.6 Å². The topological polar surface area (TPSA) is 66.4 Å². The number of carboxylic acid groups (broad SMARTS) is 1. The third-order valence-electron chi connectivity index (χ3n) is 3.03. The minimum Gasteiger partial charge on any atom is -0.481 e. The van der Waals surface area contributed by atoms with Crippen LogP contribution in [0.5, 0.6) is 0 Å². The number of carboxylic acids is 1. The van der Waals surface area contributed by atoms with Gasteiger partial charge in [0.05, 0.1) is 5.92 Å². The Labute approximate surface area is 97.4 Å². The summed E-state index contributed by atoms with van der Waals surface area (Å²) in [5.41, 5.74) is 0.689. The van der Waals surface area contributed by atoms with Crippen LogP contribution in [-0.4, -0.2) is 23.5 Å². The zero-order valence-corrected chi connectivity index (χ0v) is 9.02. The van der Waals surface area contributed by atoms with Crippen molar-refractivity contribution >= 4 is 11.9 Å². The smallest absolute Gasteiger partial charge is 0.308 e. The molecule has 1 amide bonds. The van der Waals surface area contributed by atoms with E-state index in [1.807, 2.05) is 0 Å². The lowest BCUT2D eigenvalue weighted by molar-refractivity contribution is -0.144. The van der Waals surface area contributed by atoms with E-state index in [1.165, 1.54) is 24.3 Å². The van der Waals surface area contributed by atoms with E-state index in [-0.39, 0.29) is 30.6 Å². The van der Waals surface area contributed by atoms with Gasteiger partial charge in [0, 0.05) is 18.9 Å². The second-order valence-corrected chi connectivity index (χ2v) is 4.11. The monoisotopic (exact) mass is 237 g/mol. The van der Waals surface area contributed by atoms with Crippen molar-refractivity contribution in [1.82, 2.24) is 5.32 Å². The third kappa shape index (κ3) is 2.43. The first kappa shape index (κ1) is 11.6. The van der Waals surface area contributed by atoms with Crippen molar-refractivity contribution in [2.24, 2.45) is 5.92 Å². The lowest BCUT2D eigenvalue weighted by Crippen LogP contribution is -2.43. The van der Waals surface area contributed by atoms with Gasteiger partial charge in [0.15, 0.2) is 0 Å². The molecule has 90 valence electrons. The van der Waals surface area contributed by atoms with Crippen LogP contribution in [-0.2, 0) is 9.59 Å². The molecule has 1 aliphatic rings. The fourth-order valence-electron chi connectivity index (χ4n) is 2.10. The number of carbonyl (C=O) groups excluding carboxylic acids is 1. The molecule has 2 N–H and O–H groups in total. The molecule has 0 radical (unpaired) electrons. The fraction of sp³-hybridized carbons (Fsp3) is 0.333. The number of nitrogens with one attached hydrogen (secondary N) is 1.